The first kappa shape index (κ1) is 10.8. The monoisotopic (exact) mass is 221 g/mol. The molecule has 0 bridgehead atoms. The van der Waals surface area contributed by atoms with Gasteiger partial charge in [0.05, 0.1) is 0 Å². The molecule has 1 aromatic rings. The number of fused-ring (bicyclic) bond motifs is 1. The van der Waals surface area contributed by atoms with Gasteiger partial charge in [0.1, 0.15) is 13.2 Å². The highest BCUT2D eigenvalue weighted by molar-refractivity contribution is 5.64. The first-order chi connectivity index (χ1) is 7.75. The Morgan fingerprint density at radius 1 is 1.25 bits per heavy atom. The molecule has 1 aliphatic heterocycles. The van der Waals surface area contributed by atoms with Crippen LogP contribution in [0.15, 0.2) is 18.2 Å². The third-order valence-corrected chi connectivity index (χ3v) is 2.45. The van der Waals surface area contributed by atoms with Crippen molar-refractivity contribution >= 4 is 5.97 Å². The van der Waals surface area contributed by atoms with Crippen molar-refractivity contribution in [3.05, 3.63) is 23.8 Å². The fourth-order valence-corrected chi connectivity index (χ4v) is 1.68. The summed E-state index contributed by atoms with van der Waals surface area (Å²) in [5.41, 5.74) is 1.06. The zero-order valence-electron chi connectivity index (χ0n) is 8.90. The molecule has 1 heterocycles. The topological polar surface area (TPSA) is 58.6 Å². The lowest BCUT2D eigenvalue weighted by atomic mass is 10.1. The molecule has 1 aromatic carbocycles. The first-order valence-corrected chi connectivity index (χ1v) is 5.34. The number of hydrogen-bond acceptors (Lipinski definition) is 4. The minimum absolute atomic E-state index is 0.0917. The zero-order valence-corrected chi connectivity index (χ0v) is 8.90. The van der Waals surface area contributed by atoms with Crippen LogP contribution in [0, 0.1) is 0 Å². The summed E-state index contributed by atoms with van der Waals surface area (Å²) >= 11 is 0. The molecule has 0 unspecified atom stereocenters. The molecule has 0 aromatic heterocycles. The number of hydrogen-bond donors (Lipinski definition) is 0. The fourth-order valence-electron chi connectivity index (χ4n) is 1.68. The fraction of sp³-hybridized carbons (Fsp3) is 0.417. The van der Waals surface area contributed by atoms with Gasteiger partial charge in [0, 0.05) is 5.97 Å². The Bertz CT molecular complexity index is 387. The quantitative estimate of drug-likeness (QED) is 0.744. The smallest absolute Gasteiger partial charge is 0.161 e. The SMILES string of the molecule is O=C([O-])CCCc1ccc2c(c1)OCCO2. The third-order valence-electron chi connectivity index (χ3n) is 2.45. The van der Waals surface area contributed by atoms with Gasteiger partial charge in [-0.05, 0) is 37.0 Å². The molecule has 16 heavy (non-hydrogen) atoms. The Labute approximate surface area is 93.8 Å². The van der Waals surface area contributed by atoms with E-state index in [0.29, 0.717) is 26.1 Å². The summed E-state index contributed by atoms with van der Waals surface area (Å²) in [6.07, 6.45) is 1.39. The van der Waals surface area contributed by atoms with E-state index in [0.717, 1.165) is 17.1 Å². The Balaban J connectivity index is 1.97. The second kappa shape index (κ2) is 4.88. The lowest BCUT2D eigenvalue weighted by Crippen LogP contribution is -2.21. The van der Waals surface area contributed by atoms with Gasteiger partial charge in [-0.15, -0.1) is 0 Å². The van der Waals surface area contributed by atoms with Gasteiger partial charge in [0.25, 0.3) is 0 Å². The van der Waals surface area contributed by atoms with Gasteiger partial charge in [0.2, 0.25) is 0 Å². The highest BCUT2D eigenvalue weighted by Gasteiger charge is 2.11. The maximum atomic E-state index is 10.3. The van der Waals surface area contributed by atoms with Crippen LogP contribution in [-0.4, -0.2) is 19.2 Å². The number of carbonyl (C=O) groups excluding carboxylic acids is 1. The van der Waals surface area contributed by atoms with Gasteiger partial charge < -0.3 is 19.4 Å². The van der Waals surface area contributed by atoms with Crippen LogP contribution in [0.1, 0.15) is 18.4 Å². The maximum Gasteiger partial charge on any atom is 0.161 e. The van der Waals surface area contributed by atoms with Crippen LogP contribution in [0.4, 0.5) is 0 Å². The Morgan fingerprint density at radius 2 is 2.00 bits per heavy atom. The third kappa shape index (κ3) is 2.66. The van der Waals surface area contributed by atoms with Crippen LogP contribution in [0.2, 0.25) is 0 Å². The number of aliphatic carboxylic acids is 1. The Kier molecular flexibility index (Phi) is 3.29. The van der Waals surface area contributed by atoms with E-state index in [1.807, 2.05) is 18.2 Å². The molecule has 4 nitrogen and oxygen atoms in total. The molecule has 2 rings (SSSR count). The van der Waals surface area contributed by atoms with E-state index in [2.05, 4.69) is 0 Å². The number of carboxylic acids is 1. The van der Waals surface area contributed by atoms with Crippen molar-refractivity contribution in [1.29, 1.82) is 0 Å². The van der Waals surface area contributed by atoms with Crippen molar-refractivity contribution in [2.75, 3.05) is 13.2 Å². The standard InChI is InChI=1S/C12H14O4/c13-12(14)3-1-2-9-4-5-10-11(8-9)16-7-6-15-10/h4-5,8H,1-3,6-7H2,(H,13,14)/p-1. The summed E-state index contributed by atoms with van der Waals surface area (Å²) in [5, 5.41) is 10.3. The number of ether oxygens (including phenoxy) is 2. The predicted molar refractivity (Wildman–Crippen MR) is 55.4 cm³/mol. The number of rotatable bonds is 4. The lowest BCUT2D eigenvalue weighted by Gasteiger charge is -2.18. The molecule has 1 aliphatic rings. The van der Waals surface area contributed by atoms with Crippen LogP contribution in [0.3, 0.4) is 0 Å². The second-order valence-electron chi connectivity index (χ2n) is 3.70. The lowest BCUT2D eigenvalue weighted by molar-refractivity contribution is -0.305. The second-order valence-corrected chi connectivity index (χ2v) is 3.70. The highest BCUT2D eigenvalue weighted by atomic mass is 16.6. The molecule has 4 heteroatoms. The average Bonchev–Trinajstić information content (AvgIpc) is 2.28. The molecule has 0 radical (unpaired) electrons. The van der Waals surface area contributed by atoms with Gasteiger partial charge in [-0.1, -0.05) is 6.07 Å². The predicted octanol–water partition coefficient (Wildman–Crippen LogP) is 0.530. The summed E-state index contributed by atoms with van der Waals surface area (Å²) in [6.45, 7) is 1.15. The van der Waals surface area contributed by atoms with Gasteiger partial charge >= 0.3 is 0 Å². The van der Waals surface area contributed by atoms with Crippen molar-refractivity contribution in [2.45, 2.75) is 19.3 Å². The highest BCUT2D eigenvalue weighted by Crippen LogP contribution is 2.31. The molecule has 0 atom stereocenters. The minimum Gasteiger partial charge on any atom is -0.550 e. The van der Waals surface area contributed by atoms with Crippen molar-refractivity contribution in [1.82, 2.24) is 0 Å². The minimum atomic E-state index is -1.00. The van der Waals surface area contributed by atoms with E-state index in [1.165, 1.54) is 0 Å². The molecular formula is C12H13O4-. The summed E-state index contributed by atoms with van der Waals surface area (Å²) in [5.74, 6) is 0.504. The molecule has 86 valence electrons. The summed E-state index contributed by atoms with van der Waals surface area (Å²) in [4.78, 5) is 10.3. The zero-order chi connectivity index (χ0) is 11.4. The molecule has 0 fully saturated rings. The molecule has 0 N–H and O–H groups in total. The normalized spacial score (nSPS) is 13.5. The number of carboxylic acid groups (broad SMARTS) is 1. The largest absolute Gasteiger partial charge is 0.550 e. The van der Waals surface area contributed by atoms with E-state index in [9.17, 15) is 9.90 Å². The van der Waals surface area contributed by atoms with Crippen molar-refractivity contribution < 1.29 is 19.4 Å². The van der Waals surface area contributed by atoms with Crippen molar-refractivity contribution in [3.8, 4) is 11.5 Å². The molecule has 0 saturated heterocycles. The van der Waals surface area contributed by atoms with E-state index in [4.69, 9.17) is 9.47 Å². The van der Waals surface area contributed by atoms with Crippen LogP contribution in [-0.2, 0) is 11.2 Å². The molecule has 0 amide bonds. The van der Waals surface area contributed by atoms with Crippen molar-refractivity contribution in [2.24, 2.45) is 0 Å². The molecule has 0 spiro atoms. The van der Waals surface area contributed by atoms with Gasteiger partial charge in [-0.2, -0.15) is 0 Å². The molecule has 0 saturated carbocycles. The maximum absolute atomic E-state index is 10.3. The molecule has 0 aliphatic carbocycles. The van der Waals surface area contributed by atoms with Crippen LogP contribution < -0.4 is 14.6 Å². The summed E-state index contributed by atoms with van der Waals surface area (Å²) in [7, 11) is 0. The van der Waals surface area contributed by atoms with Crippen LogP contribution in [0.25, 0.3) is 0 Å². The van der Waals surface area contributed by atoms with E-state index >= 15 is 0 Å². The number of aryl methyl sites for hydroxylation is 1. The van der Waals surface area contributed by atoms with Gasteiger partial charge in [-0.25, -0.2) is 0 Å². The average molecular weight is 221 g/mol. The number of benzene rings is 1. The Morgan fingerprint density at radius 3 is 2.75 bits per heavy atom. The van der Waals surface area contributed by atoms with Crippen LogP contribution in [0.5, 0.6) is 11.5 Å². The summed E-state index contributed by atoms with van der Waals surface area (Å²) < 4.78 is 10.8. The van der Waals surface area contributed by atoms with Gasteiger partial charge in [-0.3, -0.25) is 0 Å². The first-order valence-electron chi connectivity index (χ1n) is 5.34. The van der Waals surface area contributed by atoms with E-state index < -0.39 is 5.97 Å². The van der Waals surface area contributed by atoms with Crippen molar-refractivity contribution in [3.63, 3.8) is 0 Å². The Hall–Kier alpha value is -1.71. The van der Waals surface area contributed by atoms with Crippen LogP contribution >= 0.6 is 0 Å². The molecular weight excluding hydrogens is 208 g/mol. The van der Waals surface area contributed by atoms with Gasteiger partial charge in [0.15, 0.2) is 11.5 Å². The number of carbonyl (C=O) groups is 1. The van der Waals surface area contributed by atoms with E-state index in [-0.39, 0.29) is 6.42 Å². The van der Waals surface area contributed by atoms with E-state index in [1.54, 1.807) is 0 Å². The summed E-state index contributed by atoms with van der Waals surface area (Å²) in [6, 6.07) is 5.70.